The predicted octanol–water partition coefficient (Wildman–Crippen LogP) is 5.32. The van der Waals surface area contributed by atoms with E-state index in [2.05, 4.69) is 10.3 Å². The number of pyridine rings is 2. The van der Waals surface area contributed by atoms with Crippen molar-refractivity contribution in [1.29, 1.82) is 0 Å². The lowest BCUT2D eigenvalue weighted by atomic mass is 9.97. The van der Waals surface area contributed by atoms with Gasteiger partial charge in [0.2, 0.25) is 0 Å². The van der Waals surface area contributed by atoms with Crippen molar-refractivity contribution in [3.8, 4) is 11.1 Å². The van der Waals surface area contributed by atoms with Crippen molar-refractivity contribution < 1.29 is 43.7 Å². The topological polar surface area (TPSA) is 107 Å². The Hall–Kier alpha value is -4.24. The average Bonchev–Trinajstić information content (AvgIpc) is 2.91. The molecule has 0 unspecified atom stereocenters. The Morgan fingerprint density at radius 1 is 0.977 bits per heavy atom. The number of carbonyl (C=O) groups excluding carboxylic acids is 1. The van der Waals surface area contributed by atoms with Crippen LogP contribution in [0.2, 0.25) is 0 Å². The molecule has 0 bridgehead atoms. The molecule has 0 saturated heterocycles. The summed E-state index contributed by atoms with van der Waals surface area (Å²) in [6.45, 7) is 0.0259. The maximum absolute atomic E-state index is 13.7. The van der Waals surface area contributed by atoms with E-state index in [0.717, 1.165) is 16.4 Å². The number of nitrogens with zero attached hydrogens (tertiary/aromatic N) is 2. The Morgan fingerprint density at radius 2 is 1.58 bits per heavy atom. The number of rotatable bonds is 8. The third kappa shape index (κ3) is 7.40. The zero-order valence-corrected chi connectivity index (χ0v) is 23.3. The van der Waals surface area contributed by atoms with Crippen molar-refractivity contribution in [2.75, 3.05) is 12.9 Å². The number of aryl methyl sites for hydroxylation is 1. The first kappa shape index (κ1) is 31.7. The Kier molecular flexibility index (Phi) is 8.70. The molecule has 4 aromatic rings. The molecule has 1 N–H and O–H groups in total. The van der Waals surface area contributed by atoms with Gasteiger partial charge in [0.25, 0.3) is 21.6 Å². The van der Waals surface area contributed by atoms with E-state index in [0.29, 0.717) is 17.7 Å². The summed E-state index contributed by atoms with van der Waals surface area (Å²) in [4.78, 5) is 31.3. The van der Waals surface area contributed by atoms with E-state index in [-0.39, 0.29) is 28.2 Å². The number of halogens is 6. The van der Waals surface area contributed by atoms with Crippen LogP contribution in [-0.2, 0) is 39.7 Å². The van der Waals surface area contributed by atoms with Crippen molar-refractivity contribution >= 4 is 26.9 Å². The minimum atomic E-state index is -5.09. The third-order valence-electron chi connectivity index (χ3n) is 6.30. The van der Waals surface area contributed by atoms with Crippen LogP contribution in [0.3, 0.4) is 0 Å². The van der Waals surface area contributed by atoms with Gasteiger partial charge < -0.3 is 5.32 Å². The molecule has 0 atom stereocenters. The minimum absolute atomic E-state index is 0.0312. The van der Waals surface area contributed by atoms with E-state index in [4.69, 9.17) is 4.18 Å². The molecule has 0 fully saturated rings. The highest BCUT2D eigenvalue weighted by Gasteiger charge is 2.37. The van der Waals surface area contributed by atoms with Gasteiger partial charge in [0.05, 0.1) is 30.5 Å². The summed E-state index contributed by atoms with van der Waals surface area (Å²) < 4.78 is 109. The van der Waals surface area contributed by atoms with Crippen LogP contribution < -0.4 is 10.9 Å². The summed E-state index contributed by atoms with van der Waals surface area (Å²) in [7, 11) is -3.94. The van der Waals surface area contributed by atoms with Crippen LogP contribution in [0.4, 0.5) is 26.3 Å². The largest absolute Gasteiger partial charge is 0.416 e. The number of hydrogen-bond donors (Lipinski definition) is 1. The van der Waals surface area contributed by atoms with Crippen LogP contribution >= 0.6 is 0 Å². The number of alkyl halides is 6. The Morgan fingerprint density at radius 3 is 2.14 bits per heavy atom. The van der Waals surface area contributed by atoms with E-state index in [1.807, 2.05) is 6.92 Å². The molecule has 0 aliphatic rings. The maximum atomic E-state index is 13.7. The highest BCUT2D eigenvalue weighted by atomic mass is 32.2. The molecule has 0 radical (unpaired) electrons. The Balaban J connectivity index is 1.87. The van der Waals surface area contributed by atoms with Crippen LogP contribution in [0.5, 0.6) is 0 Å². The zero-order chi connectivity index (χ0) is 31.7. The lowest BCUT2D eigenvalue weighted by Crippen LogP contribution is -2.35. The van der Waals surface area contributed by atoms with Gasteiger partial charge in [-0.1, -0.05) is 35.9 Å². The first-order chi connectivity index (χ1) is 20.0. The molecule has 8 nitrogen and oxygen atoms in total. The smallest absolute Gasteiger partial charge is 0.347 e. The van der Waals surface area contributed by atoms with Gasteiger partial charge in [-0.05, 0) is 42.3 Å². The molecule has 0 aliphatic heterocycles. The van der Waals surface area contributed by atoms with Crippen molar-refractivity contribution in [2.45, 2.75) is 32.4 Å². The van der Waals surface area contributed by atoms with Gasteiger partial charge in [-0.3, -0.25) is 23.3 Å². The van der Waals surface area contributed by atoms with Gasteiger partial charge in [-0.2, -0.15) is 34.8 Å². The van der Waals surface area contributed by atoms with E-state index >= 15 is 0 Å². The molecule has 2 aromatic carbocycles. The predicted molar refractivity (Wildman–Crippen MR) is 145 cm³/mol. The molecule has 0 aliphatic carbocycles. The SMILES string of the molecule is Cc1ccc(-c2c(C(=O)NCc3cc(C(F)(F)F)cc(C(F)(F)F)c3)n(CCOS(C)(=O)=O)c(=O)c3ncccc23)cc1. The highest BCUT2D eigenvalue weighted by molar-refractivity contribution is 7.85. The summed E-state index contributed by atoms with van der Waals surface area (Å²) in [5.41, 5.74) is -3.33. The Bertz CT molecular complexity index is 1820. The summed E-state index contributed by atoms with van der Waals surface area (Å²) >= 11 is 0. The van der Waals surface area contributed by atoms with Gasteiger partial charge in [-0.15, -0.1) is 0 Å². The summed E-state index contributed by atoms with van der Waals surface area (Å²) in [6.07, 6.45) is -8.06. The van der Waals surface area contributed by atoms with Gasteiger partial charge in [-0.25, -0.2) is 0 Å². The number of benzene rings is 2. The first-order valence-corrected chi connectivity index (χ1v) is 14.3. The van der Waals surface area contributed by atoms with Crippen molar-refractivity contribution in [3.63, 3.8) is 0 Å². The maximum Gasteiger partial charge on any atom is 0.416 e. The normalized spacial score (nSPS) is 12.5. The Labute approximate surface area is 241 Å². The third-order valence-corrected chi connectivity index (χ3v) is 6.89. The number of amides is 1. The fourth-order valence-electron chi connectivity index (χ4n) is 4.40. The minimum Gasteiger partial charge on any atom is -0.347 e. The number of fused-ring (bicyclic) bond motifs is 1. The number of aromatic nitrogens is 2. The van der Waals surface area contributed by atoms with Crippen molar-refractivity contribution in [2.24, 2.45) is 0 Å². The van der Waals surface area contributed by atoms with E-state index < -0.39 is 70.3 Å². The molecule has 228 valence electrons. The van der Waals surface area contributed by atoms with Gasteiger partial charge in [0, 0.05) is 23.7 Å². The standard InChI is InChI=1S/C28H23F6N3O5S/c1-16-5-7-18(8-6-16)22-21-4-3-9-35-23(21)26(39)37(10-11-42-43(2,40)41)24(22)25(38)36-15-17-12-19(27(29,30)31)14-20(13-17)28(32,33)34/h3-9,12-14H,10-11,15H2,1-2H3,(H,36,38). The molecular weight excluding hydrogens is 604 g/mol. The summed E-state index contributed by atoms with van der Waals surface area (Å²) in [5, 5.41) is 2.56. The molecular formula is C28H23F6N3O5S. The van der Waals surface area contributed by atoms with Gasteiger partial charge >= 0.3 is 12.4 Å². The lowest BCUT2D eigenvalue weighted by Gasteiger charge is -2.20. The van der Waals surface area contributed by atoms with E-state index in [1.54, 1.807) is 24.3 Å². The number of nitrogens with one attached hydrogen (secondary N) is 1. The molecule has 2 heterocycles. The van der Waals surface area contributed by atoms with E-state index in [9.17, 15) is 44.3 Å². The molecule has 4 rings (SSSR count). The average molecular weight is 628 g/mol. The van der Waals surface area contributed by atoms with Crippen LogP contribution in [0, 0.1) is 6.92 Å². The quantitative estimate of drug-likeness (QED) is 0.210. The second kappa shape index (κ2) is 11.8. The van der Waals surface area contributed by atoms with Crippen LogP contribution in [0.1, 0.15) is 32.7 Å². The summed E-state index contributed by atoms with van der Waals surface area (Å²) in [5.74, 6) is -1.02. The molecule has 43 heavy (non-hydrogen) atoms. The second-order valence-corrected chi connectivity index (χ2v) is 11.2. The summed E-state index contributed by atoms with van der Waals surface area (Å²) in [6, 6.07) is 10.7. The van der Waals surface area contributed by atoms with Gasteiger partial charge in [0.15, 0.2) is 0 Å². The van der Waals surface area contributed by atoms with Gasteiger partial charge in [0.1, 0.15) is 11.2 Å². The monoisotopic (exact) mass is 627 g/mol. The van der Waals surface area contributed by atoms with Crippen LogP contribution in [0.15, 0.2) is 65.6 Å². The van der Waals surface area contributed by atoms with Crippen molar-refractivity contribution in [1.82, 2.24) is 14.9 Å². The zero-order valence-electron chi connectivity index (χ0n) is 22.5. The van der Waals surface area contributed by atoms with Crippen LogP contribution in [0.25, 0.3) is 22.0 Å². The fourth-order valence-corrected chi connectivity index (χ4v) is 4.78. The molecule has 1 amide bonds. The lowest BCUT2D eigenvalue weighted by molar-refractivity contribution is -0.143. The fraction of sp³-hybridized carbons (Fsp3) is 0.250. The van der Waals surface area contributed by atoms with Crippen molar-refractivity contribution in [3.05, 3.63) is 99.1 Å². The van der Waals surface area contributed by atoms with Crippen LogP contribution in [-0.4, -0.2) is 36.7 Å². The number of hydrogen-bond acceptors (Lipinski definition) is 6. The number of carbonyl (C=O) groups is 1. The first-order valence-electron chi connectivity index (χ1n) is 12.5. The molecule has 0 saturated carbocycles. The highest BCUT2D eigenvalue weighted by Crippen LogP contribution is 2.36. The molecule has 2 aromatic heterocycles. The second-order valence-electron chi connectivity index (χ2n) is 9.57. The van der Waals surface area contributed by atoms with E-state index in [1.165, 1.54) is 18.3 Å². The molecule has 0 spiro atoms. The molecule has 15 heteroatoms.